The largest absolute Gasteiger partial charge is 0.454 e. The zero-order valence-electron chi connectivity index (χ0n) is 17.0. The molecule has 2 aliphatic rings. The summed E-state index contributed by atoms with van der Waals surface area (Å²) < 4.78 is 15.6. The van der Waals surface area contributed by atoms with Crippen molar-refractivity contribution in [1.82, 2.24) is 9.80 Å². The lowest BCUT2D eigenvalue weighted by Gasteiger charge is -2.34. The first-order chi connectivity index (χ1) is 14.3. The van der Waals surface area contributed by atoms with Crippen molar-refractivity contribution in [2.75, 3.05) is 38.3 Å². The molecule has 2 heterocycles. The zero-order valence-corrected chi connectivity index (χ0v) is 17.0. The second-order valence-corrected chi connectivity index (χ2v) is 7.08. The molecule has 1 fully saturated rings. The Morgan fingerprint density at radius 3 is 2.40 bits per heavy atom. The monoisotopic (exact) mass is 419 g/mol. The van der Waals surface area contributed by atoms with E-state index < -0.39 is 18.0 Å². The summed E-state index contributed by atoms with van der Waals surface area (Å²) in [5, 5.41) is 2.65. The number of carbonyl (C=O) groups excluding carboxylic acids is 4. The van der Waals surface area contributed by atoms with Crippen molar-refractivity contribution in [3.63, 3.8) is 0 Å². The fourth-order valence-corrected chi connectivity index (χ4v) is 3.17. The standard InChI is InChI=1S/C20H25N3O7/c1-13(20(27)21-15-3-4-16-17(11-15)29-12-28-16)30-19(26)6-5-18(25)23-9-7-22(8-10-23)14(2)24/h3-4,11,13H,5-10,12H2,1-2H3,(H,21,27)/t13-/m0/s1. The SMILES string of the molecule is CC(=O)N1CCN(C(=O)CCC(=O)O[C@@H](C)C(=O)Nc2ccc3c(c2)OCO3)CC1. The molecule has 0 saturated carbocycles. The Balaban J connectivity index is 1.39. The van der Waals surface area contributed by atoms with Crippen LogP contribution in [0.15, 0.2) is 18.2 Å². The molecular formula is C20H25N3O7. The second kappa shape index (κ2) is 9.47. The first-order valence-corrected chi connectivity index (χ1v) is 9.77. The molecule has 10 nitrogen and oxygen atoms in total. The molecule has 1 aromatic carbocycles. The number of fused-ring (bicyclic) bond motifs is 1. The summed E-state index contributed by atoms with van der Waals surface area (Å²) in [6.07, 6.45) is -1.14. The van der Waals surface area contributed by atoms with E-state index in [1.54, 1.807) is 28.0 Å². The number of nitrogens with zero attached hydrogens (tertiary/aromatic N) is 2. The van der Waals surface area contributed by atoms with Gasteiger partial charge in [0.05, 0.1) is 6.42 Å². The number of benzene rings is 1. The van der Waals surface area contributed by atoms with Crippen LogP contribution in [0, 0.1) is 0 Å². The van der Waals surface area contributed by atoms with Crippen LogP contribution >= 0.6 is 0 Å². The summed E-state index contributed by atoms with van der Waals surface area (Å²) in [4.78, 5) is 51.2. The van der Waals surface area contributed by atoms with Crippen LogP contribution in [0.1, 0.15) is 26.7 Å². The molecule has 1 atom stereocenters. The fraction of sp³-hybridized carbons (Fsp3) is 0.500. The van der Waals surface area contributed by atoms with Crippen molar-refractivity contribution >= 4 is 29.4 Å². The number of anilines is 1. The summed E-state index contributed by atoms with van der Waals surface area (Å²) in [5.41, 5.74) is 0.493. The van der Waals surface area contributed by atoms with Crippen molar-refractivity contribution in [1.29, 1.82) is 0 Å². The maximum atomic E-state index is 12.3. The molecule has 30 heavy (non-hydrogen) atoms. The van der Waals surface area contributed by atoms with E-state index in [2.05, 4.69) is 5.32 Å². The minimum atomic E-state index is -1.02. The Hall–Kier alpha value is -3.30. The summed E-state index contributed by atoms with van der Waals surface area (Å²) in [7, 11) is 0. The third-order valence-corrected chi connectivity index (χ3v) is 4.94. The van der Waals surface area contributed by atoms with Gasteiger partial charge in [0.2, 0.25) is 18.6 Å². The van der Waals surface area contributed by atoms with E-state index in [0.717, 1.165) is 0 Å². The summed E-state index contributed by atoms with van der Waals surface area (Å²) in [6, 6.07) is 4.96. The van der Waals surface area contributed by atoms with Crippen molar-refractivity contribution in [3.05, 3.63) is 18.2 Å². The van der Waals surface area contributed by atoms with Gasteiger partial charge in [-0.05, 0) is 19.1 Å². The van der Waals surface area contributed by atoms with E-state index in [0.29, 0.717) is 43.4 Å². The summed E-state index contributed by atoms with van der Waals surface area (Å²) in [5.74, 6) is -0.181. The van der Waals surface area contributed by atoms with Gasteiger partial charge in [-0.15, -0.1) is 0 Å². The van der Waals surface area contributed by atoms with Crippen molar-refractivity contribution < 1.29 is 33.4 Å². The van der Waals surface area contributed by atoms with Gasteiger partial charge < -0.3 is 29.3 Å². The van der Waals surface area contributed by atoms with Gasteiger partial charge in [0.1, 0.15) is 0 Å². The molecule has 0 radical (unpaired) electrons. The smallest absolute Gasteiger partial charge is 0.307 e. The van der Waals surface area contributed by atoms with Crippen LogP contribution in [0.2, 0.25) is 0 Å². The van der Waals surface area contributed by atoms with E-state index in [1.807, 2.05) is 0 Å². The Morgan fingerprint density at radius 1 is 1.03 bits per heavy atom. The molecule has 0 bridgehead atoms. The van der Waals surface area contributed by atoms with Crippen LogP contribution in [0.4, 0.5) is 5.69 Å². The van der Waals surface area contributed by atoms with Crippen molar-refractivity contribution in [3.8, 4) is 11.5 Å². The Morgan fingerprint density at radius 2 is 1.70 bits per heavy atom. The fourth-order valence-electron chi connectivity index (χ4n) is 3.17. The van der Waals surface area contributed by atoms with E-state index in [4.69, 9.17) is 14.2 Å². The third-order valence-electron chi connectivity index (χ3n) is 4.94. The normalized spacial score (nSPS) is 16.1. The van der Waals surface area contributed by atoms with Gasteiger partial charge in [-0.1, -0.05) is 0 Å². The number of amides is 3. The number of hydrogen-bond donors (Lipinski definition) is 1. The number of carbonyl (C=O) groups is 4. The van der Waals surface area contributed by atoms with Gasteiger partial charge in [0, 0.05) is 51.3 Å². The molecule has 3 rings (SSSR count). The number of nitrogens with one attached hydrogen (secondary N) is 1. The topological polar surface area (TPSA) is 114 Å². The highest BCUT2D eigenvalue weighted by Crippen LogP contribution is 2.34. The molecule has 0 unspecified atom stereocenters. The lowest BCUT2D eigenvalue weighted by Crippen LogP contribution is -2.50. The Labute approximate surface area is 174 Å². The van der Waals surface area contributed by atoms with Crippen LogP contribution in [0.3, 0.4) is 0 Å². The van der Waals surface area contributed by atoms with Gasteiger partial charge in [-0.2, -0.15) is 0 Å². The Bertz CT molecular complexity index is 834. The number of hydrogen-bond acceptors (Lipinski definition) is 7. The van der Waals surface area contributed by atoms with E-state index in [9.17, 15) is 19.2 Å². The minimum absolute atomic E-state index is 0.00456. The van der Waals surface area contributed by atoms with Crippen LogP contribution in [0.25, 0.3) is 0 Å². The van der Waals surface area contributed by atoms with E-state index >= 15 is 0 Å². The molecule has 162 valence electrons. The summed E-state index contributed by atoms with van der Waals surface area (Å²) in [6.45, 7) is 4.96. The number of esters is 1. The first-order valence-electron chi connectivity index (χ1n) is 9.77. The van der Waals surface area contributed by atoms with Gasteiger partial charge in [0.25, 0.3) is 5.91 Å². The van der Waals surface area contributed by atoms with Gasteiger partial charge in [-0.25, -0.2) is 0 Å². The molecule has 1 saturated heterocycles. The Kier molecular flexibility index (Phi) is 6.76. The zero-order chi connectivity index (χ0) is 21.7. The first kappa shape index (κ1) is 21.4. The minimum Gasteiger partial charge on any atom is -0.454 e. The molecule has 1 aromatic rings. The number of ether oxygens (including phenoxy) is 3. The van der Waals surface area contributed by atoms with Gasteiger partial charge in [-0.3, -0.25) is 19.2 Å². The predicted octanol–water partition coefficient (Wildman–Crippen LogP) is 0.756. The molecule has 1 N–H and O–H groups in total. The quantitative estimate of drug-likeness (QED) is 0.677. The molecule has 0 aliphatic carbocycles. The number of piperazine rings is 1. The van der Waals surface area contributed by atoms with Crippen molar-refractivity contribution in [2.45, 2.75) is 32.8 Å². The second-order valence-electron chi connectivity index (χ2n) is 7.08. The average molecular weight is 419 g/mol. The maximum absolute atomic E-state index is 12.3. The van der Waals surface area contributed by atoms with E-state index in [-0.39, 0.29) is 31.4 Å². The average Bonchev–Trinajstić information content (AvgIpc) is 3.19. The highest BCUT2D eigenvalue weighted by atomic mass is 16.7. The van der Waals surface area contributed by atoms with Crippen LogP contribution in [-0.4, -0.2) is 72.6 Å². The molecule has 10 heteroatoms. The molecule has 2 aliphatic heterocycles. The summed E-state index contributed by atoms with van der Waals surface area (Å²) >= 11 is 0. The van der Waals surface area contributed by atoms with Crippen LogP contribution < -0.4 is 14.8 Å². The highest BCUT2D eigenvalue weighted by Gasteiger charge is 2.24. The van der Waals surface area contributed by atoms with Crippen LogP contribution in [-0.2, 0) is 23.9 Å². The van der Waals surface area contributed by atoms with Crippen LogP contribution in [0.5, 0.6) is 11.5 Å². The lowest BCUT2D eigenvalue weighted by atomic mass is 10.2. The molecule has 0 aromatic heterocycles. The predicted molar refractivity (Wildman–Crippen MR) is 105 cm³/mol. The van der Waals surface area contributed by atoms with E-state index in [1.165, 1.54) is 13.8 Å². The maximum Gasteiger partial charge on any atom is 0.307 e. The van der Waals surface area contributed by atoms with Gasteiger partial charge >= 0.3 is 5.97 Å². The molecule has 3 amide bonds. The lowest BCUT2D eigenvalue weighted by molar-refractivity contribution is -0.154. The van der Waals surface area contributed by atoms with Crippen molar-refractivity contribution in [2.24, 2.45) is 0 Å². The third kappa shape index (κ3) is 5.40. The van der Waals surface area contributed by atoms with Gasteiger partial charge in [0.15, 0.2) is 17.6 Å². The molecule has 0 spiro atoms. The highest BCUT2D eigenvalue weighted by molar-refractivity contribution is 5.95. The molecular weight excluding hydrogens is 394 g/mol. The number of rotatable bonds is 6.